The molecule has 186 valence electrons. The number of nitrogens with one attached hydrogen (secondary N) is 4. The summed E-state index contributed by atoms with van der Waals surface area (Å²) in [6.45, 7) is 0.235. The minimum atomic E-state index is -1.01. The van der Waals surface area contributed by atoms with Crippen LogP contribution in [0.4, 0.5) is 17.5 Å². The molecule has 2 amide bonds. The van der Waals surface area contributed by atoms with Crippen LogP contribution >= 0.6 is 0 Å². The molecular weight excluding hydrogens is 460 g/mol. The third-order valence-electron chi connectivity index (χ3n) is 5.45. The number of ether oxygens (including phenoxy) is 2. The molecule has 1 aliphatic heterocycles. The number of aromatic nitrogens is 2. The van der Waals surface area contributed by atoms with Crippen LogP contribution in [-0.4, -0.2) is 60.5 Å². The van der Waals surface area contributed by atoms with E-state index in [0.717, 1.165) is 0 Å². The van der Waals surface area contributed by atoms with Gasteiger partial charge < -0.3 is 31.2 Å². The summed E-state index contributed by atoms with van der Waals surface area (Å²) in [7, 11) is 2.42. The Morgan fingerprint density at radius 2 is 1.89 bits per heavy atom. The molecular formula is C22H26N6O7. The van der Waals surface area contributed by atoms with E-state index in [2.05, 4.69) is 35.4 Å². The molecule has 1 aromatic carbocycles. The number of carbonyl (C=O) groups is 4. The zero-order valence-electron chi connectivity index (χ0n) is 19.2. The zero-order valence-corrected chi connectivity index (χ0v) is 19.2. The van der Waals surface area contributed by atoms with Crippen LogP contribution in [-0.2, 0) is 30.3 Å². The number of nitrogen functional groups attached to an aromatic ring is 1. The maximum absolute atomic E-state index is 12.6. The lowest BCUT2D eigenvalue weighted by Crippen LogP contribution is -2.41. The Hall–Kier alpha value is -4.42. The Balaban J connectivity index is 1.58. The molecule has 35 heavy (non-hydrogen) atoms. The quantitative estimate of drug-likeness (QED) is 0.296. The molecule has 2 heterocycles. The van der Waals surface area contributed by atoms with Gasteiger partial charge in [0.2, 0.25) is 11.9 Å². The first-order valence-electron chi connectivity index (χ1n) is 10.7. The van der Waals surface area contributed by atoms with Gasteiger partial charge in [0.15, 0.2) is 0 Å². The highest BCUT2D eigenvalue weighted by Gasteiger charge is 2.29. The summed E-state index contributed by atoms with van der Waals surface area (Å²) >= 11 is 0. The summed E-state index contributed by atoms with van der Waals surface area (Å²) in [5.41, 5.74) is 6.38. The third kappa shape index (κ3) is 6.34. The Morgan fingerprint density at radius 1 is 1.17 bits per heavy atom. The average Bonchev–Trinajstić information content (AvgIpc) is 2.84. The lowest BCUT2D eigenvalue weighted by atomic mass is 9.95. The van der Waals surface area contributed by atoms with Crippen LogP contribution in [0.2, 0.25) is 0 Å². The number of hydrogen-bond acceptors (Lipinski definition) is 10. The van der Waals surface area contributed by atoms with E-state index in [1.165, 1.54) is 14.2 Å². The normalized spacial score (nSPS) is 15.3. The van der Waals surface area contributed by atoms with Gasteiger partial charge in [-0.15, -0.1) is 0 Å². The van der Waals surface area contributed by atoms with Crippen LogP contribution in [0.15, 0.2) is 29.1 Å². The second-order valence-electron chi connectivity index (χ2n) is 7.79. The highest BCUT2D eigenvalue weighted by Crippen LogP contribution is 2.22. The minimum Gasteiger partial charge on any atom is -0.469 e. The Bertz CT molecular complexity index is 1180. The smallest absolute Gasteiger partial charge is 0.328 e. The van der Waals surface area contributed by atoms with Gasteiger partial charge in [0, 0.05) is 24.2 Å². The number of esters is 2. The molecule has 0 saturated heterocycles. The molecule has 0 saturated carbocycles. The fourth-order valence-corrected chi connectivity index (χ4v) is 3.51. The number of amides is 2. The molecule has 0 aliphatic carbocycles. The molecule has 1 aromatic heterocycles. The molecule has 2 aromatic rings. The van der Waals surface area contributed by atoms with Crippen molar-refractivity contribution >= 4 is 41.2 Å². The summed E-state index contributed by atoms with van der Waals surface area (Å²) in [5, 5.41) is 8.25. The molecule has 2 atom stereocenters. The molecule has 0 radical (unpaired) electrons. The van der Waals surface area contributed by atoms with Crippen LogP contribution in [0.1, 0.15) is 28.8 Å². The lowest BCUT2D eigenvalue weighted by Gasteiger charge is -2.23. The summed E-state index contributed by atoms with van der Waals surface area (Å²) in [4.78, 5) is 66.7. The van der Waals surface area contributed by atoms with E-state index in [9.17, 15) is 24.0 Å². The number of anilines is 3. The number of aromatic amines is 1. The molecule has 0 fully saturated rings. The molecule has 13 heteroatoms. The van der Waals surface area contributed by atoms with E-state index in [0.29, 0.717) is 11.3 Å². The predicted molar refractivity (Wildman–Crippen MR) is 125 cm³/mol. The van der Waals surface area contributed by atoms with E-state index in [4.69, 9.17) is 5.73 Å². The zero-order chi connectivity index (χ0) is 25.5. The number of benzene rings is 1. The van der Waals surface area contributed by atoms with E-state index >= 15 is 0 Å². The number of fused-ring (bicyclic) bond motifs is 1. The van der Waals surface area contributed by atoms with Gasteiger partial charge in [-0.3, -0.25) is 24.2 Å². The number of nitrogens with two attached hydrogens (primary N) is 1. The number of hydrogen-bond donors (Lipinski definition) is 5. The minimum absolute atomic E-state index is 0.0300. The number of nitrogens with zero attached hydrogens (tertiary/aromatic N) is 1. The molecule has 1 aliphatic rings. The van der Waals surface area contributed by atoms with E-state index in [1.807, 2.05) is 0 Å². The molecule has 6 N–H and O–H groups in total. The topological polar surface area (TPSA) is 195 Å². The van der Waals surface area contributed by atoms with E-state index < -0.39 is 35.4 Å². The van der Waals surface area contributed by atoms with Crippen LogP contribution in [0.5, 0.6) is 0 Å². The van der Waals surface area contributed by atoms with Gasteiger partial charge >= 0.3 is 11.9 Å². The summed E-state index contributed by atoms with van der Waals surface area (Å²) in [6, 6.07) is 5.35. The molecule has 13 nitrogen and oxygen atoms in total. The fourth-order valence-electron chi connectivity index (χ4n) is 3.51. The summed E-state index contributed by atoms with van der Waals surface area (Å²) < 4.78 is 9.24. The van der Waals surface area contributed by atoms with E-state index in [-0.39, 0.29) is 49.0 Å². The van der Waals surface area contributed by atoms with Crippen molar-refractivity contribution in [1.29, 1.82) is 0 Å². The highest BCUT2D eigenvalue weighted by atomic mass is 16.5. The van der Waals surface area contributed by atoms with Crippen LogP contribution in [0.25, 0.3) is 0 Å². The van der Waals surface area contributed by atoms with Crippen molar-refractivity contribution in [2.45, 2.75) is 25.3 Å². The van der Waals surface area contributed by atoms with Gasteiger partial charge in [0.25, 0.3) is 11.5 Å². The van der Waals surface area contributed by atoms with Crippen molar-refractivity contribution in [3.05, 3.63) is 45.7 Å². The van der Waals surface area contributed by atoms with Gasteiger partial charge in [0.05, 0.1) is 25.7 Å². The van der Waals surface area contributed by atoms with Crippen molar-refractivity contribution in [1.82, 2.24) is 15.3 Å². The van der Waals surface area contributed by atoms with Crippen LogP contribution in [0, 0.1) is 5.92 Å². The summed E-state index contributed by atoms with van der Waals surface area (Å²) in [5.74, 6) is -2.43. The van der Waals surface area contributed by atoms with Crippen LogP contribution in [0.3, 0.4) is 0 Å². The Kier molecular flexibility index (Phi) is 8.02. The van der Waals surface area contributed by atoms with Crippen molar-refractivity contribution in [3.63, 3.8) is 0 Å². The third-order valence-corrected chi connectivity index (χ3v) is 5.45. The van der Waals surface area contributed by atoms with Crippen molar-refractivity contribution in [3.8, 4) is 0 Å². The maximum atomic E-state index is 12.6. The molecule has 0 spiro atoms. The molecule has 1 unspecified atom stereocenters. The highest BCUT2D eigenvalue weighted by molar-refractivity contribution is 5.97. The van der Waals surface area contributed by atoms with Crippen molar-refractivity contribution in [2.75, 3.05) is 37.1 Å². The average molecular weight is 486 g/mol. The number of rotatable bonds is 9. The van der Waals surface area contributed by atoms with Gasteiger partial charge in [-0.05, 0) is 37.1 Å². The number of carbonyl (C=O) groups excluding carboxylic acids is 4. The van der Waals surface area contributed by atoms with Crippen molar-refractivity contribution < 1.29 is 28.7 Å². The first kappa shape index (κ1) is 25.2. The van der Waals surface area contributed by atoms with Crippen molar-refractivity contribution in [2.24, 2.45) is 5.92 Å². The maximum Gasteiger partial charge on any atom is 0.328 e. The first-order valence-corrected chi connectivity index (χ1v) is 10.7. The summed E-state index contributed by atoms with van der Waals surface area (Å²) in [6.07, 6.45) is 0.161. The van der Waals surface area contributed by atoms with Crippen LogP contribution < -0.4 is 27.2 Å². The molecule has 0 bridgehead atoms. The molecule has 3 rings (SSSR count). The monoisotopic (exact) mass is 486 g/mol. The largest absolute Gasteiger partial charge is 0.469 e. The van der Waals surface area contributed by atoms with E-state index in [1.54, 1.807) is 24.3 Å². The predicted octanol–water partition coefficient (Wildman–Crippen LogP) is -0.200. The lowest BCUT2D eigenvalue weighted by molar-refractivity contribution is -0.144. The number of methoxy groups -OCH3 is 2. The van der Waals surface area contributed by atoms with Gasteiger partial charge in [0.1, 0.15) is 11.9 Å². The first-order chi connectivity index (χ1) is 16.7. The second kappa shape index (κ2) is 11.1. The Labute approximate surface area is 199 Å². The van der Waals surface area contributed by atoms with Gasteiger partial charge in [-0.2, -0.15) is 4.98 Å². The Morgan fingerprint density at radius 3 is 2.54 bits per heavy atom. The fraction of sp³-hybridized carbons (Fsp3) is 0.364. The number of H-pyrrole nitrogens is 1. The van der Waals surface area contributed by atoms with Gasteiger partial charge in [-0.25, -0.2) is 4.79 Å². The van der Waals surface area contributed by atoms with Gasteiger partial charge in [-0.1, -0.05) is 0 Å². The standard InChI is InChI=1S/C22H26N6O7/c1-34-16(29)8-7-15(21(33)35-2)25-18(30)11-3-5-13(6-4-11)24-10-12-9-14-17(26-19(12)31)27-22(23)28-20(14)32/h3-6,12,15,24H,7-10H2,1-2H3,(H,25,30)(H4,23,26,27,28,31,32)/t12?,15-/m0/s1. The second-order valence-corrected chi connectivity index (χ2v) is 7.79. The SMILES string of the molecule is COC(=O)CC[C@H](NC(=O)c1ccc(NCC2Cc3c(nc(N)[nH]c3=O)NC2=O)cc1)C(=O)OC.